The fraction of sp³-hybridized carbons (Fsp3) is 0.438. The average Bonchev–Trinajstić information content (AvgIpc) is 2.83. The van der Waals surface area contributed by atoms with Gasteiger partial charge in [0.05, 0.1) is 12.0 Å². The van der Waals surface area contributed by atoms with Crippen molar-refractivity contribution in [1.82, 2.24) is 9.55 Å². The van der Waals surface area contributed by atoms with Gasteiger partial charge in [0, 0.05) is 18.3 Å². The molecule has 3 nitrogen and oxygen atoms in total. The van der Waals surface area contributed by atoms with Crippen LogP contribution in [-0.4, -0.2) is 9.55 Å². The van der Waals surface area contributed by atoms with Gasteiger partial charge < -0.3 is 10.3 Å². The molecule has 19 heavy (non-hydrogen) atoms. The minimum absolute atomic E-state index is 0.0430. The Balaban J connectivity index is 1.82. The summed E-state index contributed by atoms with van der Waals surface area (Å²) in [6.07, 6.45) is 6.79. The van der Waals surface area contributed by atoms with E-state index in [0.29, 0.717) is 0 Å². The van der Waals surface area contributed by atoms with E-state index < -0.39 is 0 Å². The highest BCUT2D eigenvalue weighted by Gasteiger charge is 2.17. The molecule has 3 rings (SSSR count). The first-order valence-electron chi connectivity index (χ1n) is 7.09. The van der Waals surface area contributed by atoms with Gasteiger partial charge in [0.1, 0.15) is 0 Å². The SMILES string of the molecule is Cc1ccccc1C(N)Cn1cnc2c1CCCC2. The first-order chi connectivity index (χ1) is 9.25. The summed E-state index contributed by atoms with van der Waals surface area (Å²) in [7, 11) is 0. The van der Waals surface area contributed by atoms with Gasteiger partial charge in [-0.05, 0) is 43.7 Å². The van der Waals surface area contributed by atoms with Crippen LogP contribution in [0, 0.1) is 6.92 Å². The van der Waals surface area contributed by atoms with Crippen molar-refractivity contribution in [2.24, 2.45) is 5.73 Å². The highest BCUT2D eigenvalue weighted by atomic mass is 15.1. The van der Waals surface area contributed by atoms with Crippen LogP contribution in [0.4, 0.5) is 0 Å². The summed E-state index contributed by atoms with van der Waals surface area (Å²) in [5, 5.41) is 0. The number of nitrogens with two attached hydrogens (primary N) is 1. The van der Waals surface area contributed by atoms with Crippen LogP contribution in [0.1, 0.15) is 41.4 Å². The van der Waals surface area contributed by atoms with Crippen LogP contribution < -0.4 is 5.73 Å². The molecule has 0 bridgehead atoms. The van der Waals surface area contributed by atoms with Gasteiger partial charge in [-0.3, -0.25) is 0 Å². The second-order valence-electron chi connectivity index (χ2n) is 5.46. The molecule has 0 fully saturated rings. The Morgan fingerprint density at radius 1 is 1.26 bits per heavy atom. The number of nitrogens with zero attached hydrogens (tertiary/aromatic N) is 2. The molecular formula is C16H21N3. The molecule has 0 saturated carbocycles. The number of rotatable bonds is 3. The smallest absolute Gasteiger partial charge is 0.0952 e. The highest BCUT2D eigenvalue weighted by Crippen LogP contribution is 2.23. The summed E-state index contributed by atoms with van der Waals surface area (Å²) in [6, 6.07) is 8.42. The molecular weight excluding hydrogens is 234 g/mol. The maximum atomic E-state index is 6.37. The summed E-state index contributed by atoms with van der Waals surface area (Å²) in [4.78, 5) is 4.53. The average molecular weight is 255 g/mol. The van der Waals surface area contributed by atoms with Gasteiger partial charge >= 0.3 is 0 Å². The zero-order chi connectivity index (χ0) is 13.2. The summed E-state index contributed by atoms with van der Waals surface area (Å²) in [5.41, 5.74) is 11.6. The largest absolute Gasteiger partial charge is 0.332 e. The Bertz CT molecular complexity index is 571. The second kappa shape index (κ2) is 5.17. The molecule has 0 radical (unpaired) electrons. The Morgan fingerprint density at radius 3 is 2.89 bits per heavy atom. The van der Waals surface area contributed by atoms with Crippen LogP contribution in [0.15, 0.2) is 30.6 Å². The second-order valence-corrected chi connectivity index (χ2v) is 5.46. The molecule has 1 heterocycles. The molecule has 1 aliphatic rings. The molecule has 0 saturated heterocycles. The molecule has 3 heteroatoms. The maximum absolute atomic E-state index is 6.37. The van der Waals surface area contributed by atoms with E-state index in [9.17, 15) is 0 Å². The van der Waals surface area contributed by atoms with Gasteiger partial charge in [0.2, 0.25) is 0 Å². The van der Waals surface area contributed by atoms with Gasteiger partial charge in [-0.2, -0.15) is 0 Å². The Morgan fingerprint density at radius 2 is 2.05 bits per heavy atom. The highest BCUT2D eigenvalue weighted by molar-refractivity contribution is 5.28. The molecule has 2 aromatic rings. The monoisotopic (exact) mass is 255 g/mol. The normalized spacial score (nSPS) is 16.1. The van der Waals surface area contributed by atoms with E-state index in [1.165, 1.54) is 35.4 Å². The van der Waals surface area contributed by atoms with Gasteiger partial charge in [-0.1, -0.05) is 24.3 Å². The van der Waals surface area contributed by atoms with Gasteiger partial charge in [-0.25, -0.2) is 4.98 Å². The van der Waals surface area contributed by atoms with Crippen LogP contribution >= 0.6 is 0 Å². The topological polar surface area (TPSA) is 43.8 Å². The zero-order valence-electron chi connectivity index (χ0n) is 11.5. The molecule has 2 N–H and O–H groups in total. The lowest BCUT2D eigenvalue weighted by Gasteiger charge is -2.19. The number of fused-ring (bicyclic) bond motifs is 1. The van der Waals surface area contributed by atoms with Crippen LogP contribution in [0.3, 0.4) is 0 Å². The van der Waals surface area contributed by atoms with E-state index in [4.69, 9.17) is 5.73 Å². The predicted octanol–water partition coefficient (Wildman–Crippen LogP) is 2.77. The van der Waals surface area contributed by atoms with Crippen molar-refractivity contribution in [2.75, 3.05) is 0 Å². The zero-order valence-corrected chi connectivity index (χ0v) is 11.5. The summed E-state index contributed by atoms with van der Waals surface area (Å²) in [6.45, 7) is 2.95. The lowest BCUT2D eigenvalue weighted by atomic mass is 9.99. The van der Waals surface area contributed by atoms with E-state index in [-0.39, 0.29) is 6.04 Å². The minimum atomic E-state index is 0.0430. The van der Waals surface area contributed by atoms with E-state index in [2.05, 4.69) is 40.7 Å². The summed E-state index contributed by atoms with van der Waals surface area (Å²) >= 11 is 0. The van der Waals surface area contributed by atoms with E-state index >= 15 is 0 Å². The van der Waals surface area contributed by atoms with Crippen molar-refractivity contribution < 1.29 is 0 Å². The fourth-order valence-corrected chi connectivity index (χ4v) is 3.00. The first-order valence-corrected chi connectivity index (χ1v) is 7.09. The molecule has 1 aromatic carbocycles. The lowest BCUT2D eigenvalue weighted by molar-refractivity contribution is 0.539. The van der Waals surface area contributed by atoms with Crippen molar-refractivity contribution in [3.8, 4) is 0 Å². The number of aryl methyl sites for hydroxylation is 2. The number of hydrogen-bond acceptors (Lipinski definition) is 2. The van der Waals surface area contributed by atoms with E-state index in [1.807, 2.05) is 6.33 Å². The molecule has 1 atom stereocenters. The van der Waals surface area contributed by atoms with Crippen molar-refractivity contribution >= 4 is 0 Å². The molecule has 100 valence electrons. The predicted molar refractivity (Wildman–Crippen MR) is 77.0 cm³/mol. The van der Waals surface area contributed by atoms with Crippen LogP contribution in [-0.2, 0) is 19.4 Å². The molecule has 1 aromatic heterocycles. The Labute approximate surface area is 114 Å². The standard InChI is InChI=1S/C16H21N3/c1-12-6-2-3-7-13(12)14(17)10-19-11-18-15-8-4-5-9-16(15)19/h2-3,6-7,11,14H,4-5,8-10,17H2,1H3. The molecule has 0 spiro atoms. The molecule has 1 aliphatic carbocycles. The number of hydrogen-bond donors (Lipinski definition) is 1. The van der Waals surface area contributed by atoms with Crippen LogP contribution in [0.2, 0.25) is 0 Å². The van der Waals surface area contributed by atoms with Gasteiger partial charge in [0.25, 0.3) is 0 Å². The maximum Gasteiger partial charge on any atom is 0.0952 e. The summed E-state index contributed by atoms with van der Waals surface area (Å²) < 4.78 is 2.26. The van der Waals surface area contributed by atoms with Crippen LogP contribution in [0.25, 0.3) is 0 Å². The quantitative estimate of drug-likeness (QED) is 0.916. The Hall–Kier alpha value is -1.61. The minimum Gasteiger partial charge on any atom is -0.332 e. The number of aromatic nitrogens is 2. The molecule has 0 aliphatic heterocycles. The van der Waals surface area contributed by atoms with Gasteiger partial charge in [-0.15, -0.1) is 0 Å². The van der Waals surface area contributed by atoms with Gasteiger partial charge in [0.15, 0.2) is 0 Å². The van der Waals surface area contributed by atoms with Crippen molar-refractivity contribution in [3.63, 3.8) is 0 Å². The molecule has 1 unspecified atom stereocenters. The van der Waals surface area contributed by atoms with E-state index in [1.54, 1.807) is 0 Å². The Kier molecular flexibility index (Phi) is 3.38. The number of benzene rings is 1. The van der Waals surface area contributed by atoms with Crippen molar-refractivity contribution in [1.29, 1.82) is 0 Å². The molecule has 0 amide bonds. The lowest BCUT2D eigenvalue weighted by Crippen LogP contribution is -2.20. The van der Waals surface area contributed by atoms with Crippen molar-refractivity contribution in [2.45, 2.75) is 45.2 Å². The fourth-order valence-electron chi connectivity index (χ4n) is 3.00. The van der Waals surface area contributed by atoms with Crippen molar-refractivity contribution in [3.05, 3.63) is 53.1 Å². The first kappa shape index (κ1) is 12.4. The summed E-state index contributed by atoms with van der Waals surface area (Å²) in [5.74, 6) is 0. The number of imidazole rings is 1. The third kappa shape index (κ3) is 2.43. The third-order valence-corrected chi connectivity index (χ3v) is 4.09. The third-order valence-electron chi connectivity index (χ3n) is 4.09. The van der Waals surface area contributed by atoms with Crippen LogP contribution in [0.5, 0.6) is 0 Å². The van der Waals surface area contributed by atoms with E-state index in [0.717, 1.165) is 19.4 Å².